The van der Waals surface area contributed by atoms with Crippen molar-refractivity contribution in [2.24, 2.45) is 0 Å². The highest BCUT2D eigenvalue weighted by molar-refractivity contribution is 6.00. The second kappa shape index (κ2) is 8.49. The number of carbonyl (C=O) groups is 3. The van der Waals surface area contributed by atoms with Crippen LogP contribution in [0.1, 0.15) is 28.8 Å². The molecule has 0 saturated carbocycles. The highest BCUT2D eigenvalue weighted by atomic mass is 16.5. The van der Waals surface area contributed by atoms with Gasteiger partial charge in [0, 0.05) is 30.6 Å². The Morgan fingerprint density at radius 1 is 1.07 bits per heavy atom. The van der Waals surface area contributed by atoms with E-state index in [1.165, 1.54) is 7.11 Å². The molecule has 1 N–H and O–H groups in total. The van der Waals surface area contributed by atoms with Crippen LogP contribution in [-0.4, -0.2) is 37.8 Å². The lowest BCUT2D eigenvalue weighted by molar-refractivity contribution is -0.124. The quantitative estimate of drug-likeness (QED) is 0.764. The van der Waals surface area contributed by atoms with Gasteiger partial charge in [-0.3, -0.25) is 14.4 Å². The molecule has 0 saturated heterocycles. The Kier molecular flexibility index (Phi) is 5.86. The number of hydrogen-bond acceptors (Lipinski definition) is 4. The SMILES string of the molecule is COc1cccc(C(=O)CCC(=O)NCC(=O)N2CCc3ccccc32)c1. The number of fused-ring (bicyclic) bond motifs is 1. The number of para-hydroxylation sites is 1. The minimum atomic E-state index is -0.313. The molecule has 0 radical (unpaired) electrons. The molecule has 0 fully saturated rings. The predicted molar refractivity (Wildman–Crippen MR) is 102 cm³/mol. The number of nitrogens with zero attached hydrogens (tertiary/aromatic N) is 1. The van der Waals surface area contributed by atoms with E-state index in [2.05, 4.69) is 5.32 Å². The molecular formula is C21H22N2O4. The molecule has 2 aromatic carbocycles. The summed E-state index contributed by atoms with van der Waals surface area (Å²) in [6, 6.07) is 14.6. The molecule has 0 spiro atoms. The Balaban J connectivity index is 1.46. The summed E-state index contributed by atoms with van der Waals surface area (Å²) in [7, 11) is 1.53. The van der Waals surface area contributed by atoms with Crippen molar-refractivity contribution in [2.75, 3.05) is 25.1 Å². The molecule has 140 valence electrons. The zero-order valence-corrected chi connectivity index (χ0v) is 15.2. The van der Waals surface area contributed by atoms with Crippen LogP contribution < -0.4 is 15.0 Å². The number of methoxy groups -OCH3 is 1. The minimum absolute atomic E-state index is 0.0416. The van der Waals surface area contributed by atoms with Crippen LogP contribution in [0.15, 0.2) is 48.5 Å². The summed E-state index contributed by atoms with van der Waals surface area (Å²) < 4.78 is 5.10. The first-order valence-electron chi connectivity index (χ1n) is 8.90. The van der Waals surface area contributed by atoms with Crippen LogP contribution in [0.4, 0.5) is 5.69 Å². The summed E-state index contributed by atoms with van der Waals surface area (Å²) in [5.41, 5.74) is 2.55. The summed E-state index contributed by atoms with van der Waals surface area (Å²) in [5.74, 6) is 0.00476. The monoisotopic (exact) mass is 366 g/mol. The first-order valence-corrected chi connectivity index (χ1v) is 8.90. The maximum atomic E-state index is 12.4. The fraction of sp³-hybridized carbons (Fsp3) is 0.286. The van der Waals surface area contributed by atoms with E-state index in [-0.39, 0.29) is 37.0 Å². The first kappa shape index (κ1) is 18.6. The highest BCUT2D eigenvalue weighted by Crippen LogP contribution is 2.27. The van der Waals surface area contributed by atoms with Crippen molar-refractivity contribution in [3.8, 4) is 5.75 Å². The average Bonchev–Trinajstić information content (AvgIpc) is 3.14. The maximum absolute atomic E-state index is 12.4. The summed E-state index contributed by atoms with van der Waals surface area (Å²) in [4.78, 5) is 38.3. The van der Waals surface area contributed by atoms with Crippen molar-refractivity contribution in [1.82, 2.24) is 5.32 Å². The minimum Gasteiger partial charge on any atom is -0.497 e. The molecule has 0 bridgehead atoms. The largest absolute Gasteiger partial charge is 0.497 e. The van der Waals surface area contributed by atoms with Crippen LogP contribution in [0.3, 0.4) is 0 Å². The maximum Gasteiger partial charge on any atom is 0.246 e. The van der Waals surface area contributed by atoms with Crippen LogP contribution in [0.2, 0.25) is 0 Å². The Hall–Kier alpha value is -3.15. The van der Waals surface area contributed by atoms with Gasteiger partial charge in [0.25, 0.3) is 0 Å². The van der Waals surface area contributed by atoms with Crippen LogP contribution in [-0.2, 0) is 16.0 Å². The molecule has 6 nitrogen and oxygen atoms in total. The van der Waals surface area contributed by atoms with E-state index in [0.717, 1.165) is 17.7 Å². The van der Waals surface area contributed by atoms with E-state index in [9.17, 15) is 14.4 Å². The highest BCUT2D eigenvalue weighted by Gasteiger charge is 2.24. The fourth-order valence-corrected chi connectivity index (χ4v) is 3.12. The number of nitrogens with one attached hydrogen (secondary N) is 1. The number of ketones is 1. The molecule has 6 heteroatoms. The summed E-state index contributed by atoms with van der Waals surface area (Å²) >= 11 is 0. The third-order valence-electron chi connectivity index (χ3n) is 4.60. The Morgan fingerprint density at radius 3 is 2.70 bits per heavy atom. The van der Waals surface area contributed by atoms with Gasteiger partial charge in [0.15, 0.2) is 5.78 Å². The lowest BCUT2D eigenvalue weighted by Gasteiger charge is -2.17. The van der Waals surface area contributed by atoms with Crippen LogP contribution in [0, 0.1) is 0 Å². The zero-order valence-electron chi connectivity index (χ0n) is 15.2. The van der Waals surface area contributed by atoms with Gasteiger partial charge in [0.2, 0.25) is 11.8 Å². The number of hydrogen-bond donors (Lipinski definition) is 1. The molecule has 0 aliphatic carbocycles. The molecule has 0 aromatic heterocycles. The van der Waals surface area contributed by atoms with Crippen molar-refractivity contribution in [3.63, 3.8) is 0 Å². The van der Waals surface area contributed by atoms with Gasteiger partial charge in [-0.05, 0) is 30.2 Å². The average molecular weight is 366 g/mol. The second-order valence-electron chi connectivity index (χ2n) is 6.36. The molecule has 1 aliphatic rings. The first-order chi connectivity index (χ1) is 13.1. The van der Waals surface area contributed by atoms with Crippen LogP contribution >= 0.6 is 0 Å². The Bertz CT molecular complexity index is 863. The third kappa shape index (κ3) is 4.53. The van der Waals surface area contributed by atoms with Gasteiger partial charge in [-0.15, -0.1) is 0 Å². The van der Waals surface area contributed by atoms with Gasteiger partial charge in [0.05, 0.1) is 13.7 Å². The zero-order chi connectivity index (χ0) is 19.2. The van der Waals surface area contributed by atoms with Gasteiger partial charge in [0.1, 0.15) is 5.75 Å². The number of rotatable bonds is 7. The molecule has 1 heterocycles. The molecule has 2 aromatic rings. The molecule has 27 heavy (non-hydrogen) atoms. The van der Waals surface area contributed by atoms with Crippen molar-refractivity contribution >= 4 is 23.3 Å². The summed E-state index contributed by atoms with van der Waals surface area (Å²) in [5, 5.41) is 2.61. The van der Waals surface area contributed by atoms with E-state index in [1.807, 2.05) is 24.3 Å². The number of amides is 2. The van der Waals surface area contributed by atoms with Crippen molar-refractivity contribution in [2.45, 2.75) is 19.3 Å². The van der Waals surface area contributed by atoms with Gasteiger partial charge in [-0.1, -0.05) is 30.3 Å². The normalized spacial score (nSPS) is 12.4. The van der Waals surface area contributed by atoms with Gasteiger partial charge >= 0.3 is 0 Å². The van der Waals surface area contributed by atoms with Crippen LogP contribution in [0.25, 0.3) is 0 Å². The second-order valence-corrected chi connectivity index (χ2v) is 6.36. The van der Waals surface area contributed by atoms with E-state index in [0.29, 0.717) is 17.9 Å². The molecule has 0 unspecified atom stereocenters. The van der Waals surface area contributed by atoms with E-state index >= 15 is 0 Å². The molecular weight excluding hydrogens is 344 g/mol. The van der Waals surface area contributed by atoms with Crippen LogP contribution in [0.5, 0.6) is 5.75 Å². The van der Waals surface area contributed by atoms with Crippen molar-refractivity contribution < 1.29 is 19.1 Å². The Morgan fingerprint density at radius 2 is 1.89 bits per heavy atom. The van der Waals surface area contributed by atoms with Crippen molar-refractivity contribution in [1.29, 1.82) is 0 Å². The topological polar surface area (TPSA) is 75.7 Å². The third-order valence-corrected chi connectivity index (χ3v) is 4.60. The molecule has 1 aliphatic heterocycles. The Labute approximate surface area is 158 Å². The number of benzene rings is 2. The smallest absolute Gasteiger partial charge is 0.246 e. The van der Waals surface area contributed by atoms with E-state index in [4.69, 9.17) is 4.74 Å². The number of anilines is 1. The number of ether oxygens (including phenoxy) is 1. The summed E-state index contributed by atoms with van der Waals surface area (Å²) in [6.07, 6.45) is 0.949. The summed E-state index contributed by atoms with van der Waals surface area (Å²) in [6.45, 7) is 0.558. The molecule has 3 rings (SSSR count). The van der Waals surface area contributed by atoms with E-state index in [1.54, 1.807) is 29.2 Å². The van der Waals surface area contributed by atoms with Gasteiger partial charge in [-0.2, -0.15) is 0 Å². The standard InChI is InChI=1S/C21H22N2O4/c1-27-17-7-4-6-16(13-17)19(24)9-10-20(25)22-14-21(26)23-12-11-15-5-2-3-8-18(15)23/h2-8,13H,9-12,14H2,1H3,(H,22,25). The van der Waals surface area contributed by atoms with E-state index < -0.39 is 0 Å². The van der Waals surface area contributed by atoms with Gasteiger partial charge < -0.3 is 15.0 Å². The lowest BCUT2D eigenvalue weighted by atomic mass is 10.1. The van der Waals surface area contributed by atoms with Gasteiger partial charge in [-0.25, -0.2) is 0 Å². The fourth-order valence-electron chi connectivity index (χ4n) is 3.12. The molecule has 0 atom stereocenters. The predicted octanol–water partition coefficient (Wildman–Crippen LogP) is 2.36. The molecule has 2 amide bonds. The number of carbonyl (C=O) groups excluding carboxylic acids is 3. The van der Waals surface area contributed by atoms with Crippen molar-refractivity contribution in [3.05, 3.63) is 59.7 Å². The lowest BCUT2D eigenvalue weighted by Crippen LogP contribution is -2.39. The number of Topliss-reactive ketones (excluding diaryl/α,β-unsaturated/α-hetero) is 1.